The molecule has 0 atom stereocenters. The predicted molar refractivity (Wildman–Crippen MR) is 76.4 cm³/mol. The van der Waals surface area contributed by atoms with Crippen molar-refractivity contribution in [1.82, 2.24) is 0 Å². The smallest absolute Gasteiger partial charge is 0.194 e. The summed E-state index contributed by atoms with van der Waals surface area (Å²) in [6.45, 7) is 3.97. The molecule has 0 aliphatic carbocycles. The van der Waals surface area contributed by atoms with Crippen LogP contribution in [0.25, 0.3) is 0 Å². The Labute approximate surface area is 118 Å². The van der Waals surface area contributed by atoms with E-state index in [2.05, 4.69) is 15.9 Å². The van der Waals surface area contributed by atoms with E-state index in [1.807, 2.05) is 19.9 Å². The summed E-state index contributed by atoms with van der Waals surface area (Å²) in [5.74, 6) is 0.0232. The maximum Gasteiger partial charge on any atom is 0.194 e. The molecule has 0 unspecified atom stereocenters. The molecule has 1 nitrogen and oxygen atoms in total. The second-order valence-electron chi connectivity index (χ2n) is 3.81. The van der Waals surface area contributed by atoms with Gasteiger partial charge in [0, 0.05) is 30.4 Å². The average molecular weight is 330 g/mol. The number of hydrogen-bond donors (Lipinski definition) is 0. The van der Waals surface area contributed by atoms with Crippen LogP contribution < -0.4 is 0 Å². The first-order valence-corrected chi connectivity index (χ1v) is 7.04. The fourth-order valence-electron chi connectivity index (χ4n) is 1.70. The largest absolute Gasteiger partial charge is 0.289 e. The molecule has 1 aromatic carbocycles. The molecular formula is C13H10BrClOS. The van der Waals surface area contributed by atoms with Gasteiger partial charge in [-0.15, -0.1) is 11.3 Å². The van der Waals surface area contributed by atoms with Crippen LogP contribution >= 0.6 is 38.9 Å². The van der Waals surface area contributed by atoms with Crippen molar-refractivity contribution >= 4 is 44.7 Å². The Morgan fingerprint density at radius 2 is 1.94 bits per heavy atom. The molecule has 0 N–H and O–H groups in total. The highest BCUT2D eigenvalue weighted by atomic mass is 79.9. The quantitative estimate of drug-likeness (QED) is 0.708. The van der Waals surface area contributed by atoms with Crippen LogP contribution in [-0.2, 0) is 0 Å². The molecule has 4 heteroatoms. The lowest BCUT2D eigenvalue weighted by atomic mass is 10.0. The maximum absolute atomic E-state index is 12.3. The monoisotopic (exact) mass is 328 g/mol. The molecule has 0 saturated carbocycles. The third-order valence-corrected chi connectivity index (χ3v) is 4.05. The SMILES string of the molecule is Cc1cc(C(=O)c2cc(Cl)cc(Br)c2)c(C)s1. The Morgan fingerprint density at radius 3 is 2.47 bits per heavy atom. The summed E-state index contributed by atoms with van der Waals surface area (Å²) in [5, 5.41) is 0.562. The Kier molecular flexibility index (Phi) is 3.71. The van der Waals surface area contributed by atoms with Gasteiger partial charge >= 0.3 is 0 Å². The van der Waals surface area contributed by atoms with Crippen molar-refractivity contribution in [2.75, 3.05) is 0 Å². The Balaban J connectivity index is 2.47. The van der Waals surface area contributed by atoms with Crippen LogP contribution in [0, 0.1) is 13.8 Å². The second kappa shape index (κ2) is 4.92. The lowest BCUT2D eigenvalue weighted by Crippen LogP contribution is -2.01. The number of carbonyl (C=O) groups is 1. The topological polar surface area (TPSA) is 17.1 Å². The minimum absolute atomic E-state index is 0.0232. The molecule has 0 bridgehead atoms. The fourth-order valence-corrected chi connectivity index (χ4v) is 3.48. The van der Waals surface area contributed by atoms with Gasteiger partial charge in [0.05, 0.1) is 0 Å². The fraction of sp³-hybridized carbons (Fsp3) is 0.154. The van der Waals surface area contributed by atoms with Crippen molar-refractivity contribution in [1.29, 1.82) is 0 Å². The van der Waals surface area contributed by atoms with Gasteiger partial charge in [-0.25, -0.2) is 0 Å². The molecule has 0 aliphatic rings. The maximum atomic E-state index is 12.3. The number of carbonyl (C=O) groups excluding carboxylic acids is 1. The highest BCUT2D eigenvalue weighted by Gasteiger charge is 2.15. The van der Waals surface area contributed by atoms with Crippen molar-refractivity contribution in [3.63, 3.8) is 0 Å². The molecule has 2 rings (SSSR count). The highest BCUT2D eigenvalue weighted by Crippen LogP contribution is 2.26. The van der Waals surface area contributed by atoms with E-state index >= 15 is 0 Å². The normalized spacial score (nSPS) is 10.6. The Bertz CT molecular complexity index is 569. The number of benzene rings is 1. The first-order chi connectivity index (χ1) is 7.97. The first kappa shape index (κ1) is 12.8. The van der Waals surface area contributed by atoms with E-state index in [0.717, 1.165) is 19.8 Å². The number of hydrogen-bond acceptors (Lipinski definition) is 2. The van der Waals surface area contributed by atoms with Crippen LogP contribution in [0.4, 0.5) is 0 Å². The molecule has 17 heavy (non-hydrogen) atoms. The van der Waals surface area contributed by atoms with Crippen LogP contribution in [0.3, 0.4) is 0 Å². The lowest BCUT2D eigenvalue weighted by molar-refractivity contribution is 0.103. The van der Waals surface area contributed by atoms with Crippen LogP contribution in [0.5, 0.6) is 0 Å². The Hall–Kier alpha value is -0.640. The lowest BCUT2D eigenvalue weighted by Gasteiger charge is -2.02. The molecule has 1 aromatic heterocycles. The summed E-state index contributed by atoms with van der Waals surface area (Å²) in [4.78, 5) is 14.5. The minimum atomic E-state index is 0.0232. The van der Waals surface area contributed by atoms with E-state index < -0.39 is 0 Å². The standard InChI is InChI=1S/C13H10BrClOS/c1-7-3-12(8(2)17-7)13(16)9-4-10(14)6-11(15)5-9/h3-6H,1-2H3. The Morgan fingerprint density at radius 1 is 1.24 bits per heavy atom. The average Bonchev–Trinajstić information content (AvgIpc) is 2.55. The van der Waals surface area contributed by atoms with Gasteiger partial charge in [-0.3, -0.25) is 4.79 Å². The van der Waals surface area contributed by atoms with Crippen molar-refractivity contribution in [3.05, 3.63) is 54.6 Å². The van der Waals surface area contributed by atoms with Gasteiger partial charge in [-0.1, -0.05) is 27.5 Å². The van der Waals surface area contributed by atoms with Gasteiger partial charge in [0.1, 0.15) is 0 Å². The summed E-state index contributed by atoms with van der Waals surface area (Å²) < 4.78 is 0.818. The number of aryl methyl sites for hydroxylation is 2. The van der Waals surface area contributed by atoms with Crippen LogP contribution in [0.15, 0.2) is 28.7 Å². The van der Waals surface area contributed by atoms with Gasteiger partial charge < -0.3 is 0 Å². The number of ketones is 1. The summed E-state index contributed by atoms with van der Waals surface area (Å²) in [6.07, 6.45) is 0. The van der Waals surface area contributed by atoms with E-state index in [9.17, 15) is 4.79 Å². The number of thiophene rings is 1. The molecule has 1 heterocycles. The van der Waals surface area contributed by atoms with Crippen molar-refractivity contribution in [3.8, 4) is 0 Å². The molecule has 0 saturated heterocycles. The summed E-state index contributed by atoms with van der Waals surface area (Å²) in [6, 6.07) is 7.18. The molecule has 0 amide bonds. The molecular weight excluding hydrogens is 320 g/mol. The predicted octanol–water partition coefficient (Wildman–Crippen LogP) is 5.01. The zero-order chi connectivity index (χ0) is 12.6. The molecule has 0 radical (unpaired) electrons. The minimum Gasteiger partial charge on any atom is -0.289 e. The van der Waals surface area contributed by atoms with Gasteiger partial charge in [0.25, 0.3) is 0 Å². The molecule has 0 aliphatic heterocycles. The van der Waals surface area contributed by atoms with E-state index in [1.54, 1.807) is 29.5 Å². The van der Waals surface area contributed by atoms with E-state index in [4.69, 9.17) is 11.6 Å². The van der Waals surface area contributed by atoms with Crippen LogP contribution in [-0.4, -0.2) is 5.78 Å². The highest BCUT2D eigenvalue weighted by molar-refractivity contribution is 9.10. The van der Waals surface area contributed by atoms with Crippen molar-refractivity contribution < 1.29 is 4.79 Å². The summed E-state index contributed by atoms with van der Waals surface area (Å²) >= 11 is 10.9. The van der Waals surface area contributed by atoms with E-state index in [1.165, 1.54) is 0 Å². The molecule has 88 valence electrons. The summed E-state index contributed by atoms with van der Waals surface area (Å²) in [7, 11) is 0. The van der Waals surface area contributed by atoms with Gasteiger partial charge in [0.2, 0.25) is 0 Å². The summed E-state index contributed by atoms with van der Waals surface area (Å²) in [5.41, 5.74) is 1.38. The van der Waals surface area contributed by atoms with Crippen LogP contribution in [0.1, 0.15) is 25.7 Å². The third-order valence-electron chi connectivity index (χ3n) is 2.41. The third kappa shape index (κ3) is 2.79. The van der Waals surface area contributed by atoms with Crippen LogP contribution in [0.2, 0.25) is 5.02 Å². The number of halogens is 2. The zero-order valence-electron chi connectivity index (χ0n) is 9.38. The zero-order valence-corrected chi connectivity index (χ0v) is 12.5. The van der Waals surface area contributed by atoms with Gasteiger partial charge in [-0.2, -0.15) is 0 Å². The van der Waals surface area contributed by atoms with Crippen molar-refractivity contribution in [2.24, 2.45) is 0 Å². The van der Waals surface area contributed by atoms with Gasteiger partial charge in [0.15, 0.2) is 5.78 Å². The van der Waals surface area contributed by atoms with Gasteiger partial charge in [-0.05, 0) is 38.1 Å². The molecule has 0 fully saturated rings. The molecule has 0 spiro atoms. The first-order valence-electron chi connectivity index (χ1n) is 5.05. The number of rotatable bonds is 2. The van der Waals surface area contributed by atoms with Crippen molar-refractivity contribution in [2.45, 2.75) is 13.8 Å². The van der Waals surface area contributed by atoms with E-state index in [0.29, 0.717) is 10.6 Å². The molecule has 2 aromatic rings. The van der Waals surface area contributed by atoms with E-state index in [-0.39, 0.29) is 5.78 Å². The second-order valence-corrected chi connectivity index (χ2v) is 6.63.